The summed E-state index contributed by atoms with van der Waals surface area (Å²) in [6, 6.07) is 7.11. The lowest BCUT2D eigenvalue weighted by Gasteiger charge is -2.03. The van der Waals surface area contributed by atoms with Crippen molar-refractivity contribution >= 4 is 11.7 Å². The monoisotopic (exact) mass is 247 g/mol. The van der Waals surface area contributed by atoms with Crippen molar-refractivity contribution in [2.75, 3.05) is 5.73 Å². The van der Waals surface area contributed by atoms with Gasteiger partial charge in [0.05, 0.1) is 13.5 Å². The lowest BCUT2D eigenvalue weighted by molar-refractivity contribution is -0.144. The van der Waals surface area contributed by atoms with Crippen LogP contribution in [0.2, 0.25) is 0 Å². The van der Waals surface area contributed by atoms with Crippen LogP contribution in [0.3, 0.4) is 0 Å². The van der Waals surface area contributed by atoms with Gasteiger partial charge in [0, 0.05) is 5.69 Å². The molecule has 1 aromatic heterocycles. The Hall–Kier alpha value is -2.44. The Kier molecular flexibility index (Phi) is 3.52. The minimum Gasteiger partial charge on any atom is -0.457 e. The van der Waals surface area contributed by atoms with Crippen molar-refractivity contribution in [1.29, 1.82) is 0 Å². The van der Waals surface area contributed by atoms with E-state index >= 15 is 0 Å². The van der Waals surface area contributed by atoms with Crippen molar-refractivity contribution in [1.82, 2.24) is 20.2 Å². The van der Waals surface area contributed by atoms with E-state index in [1.807, 2.05) is 6.07 Å². The number of aromatic nitrogens is 4. The highest BCUT2D eigenvalue weighted by Gasteiger charge is 2.08. The van der Waals surface area contributed by atoms with Crippen molar-refractivity contribution in [3.8, 4) is 0 Å². The molecule has 0 atom stereocenters. The van der Waals surface area contributed by atoms with E-state index in [1.165, 1.54) is 4.80 Å². The van der Waals surface area contributed by atoms with Crippen LogP contribution < -0.4 is 5.73 Å². The number of carbonyl (C=O) groups excluding carboxylic acids is 1. The first-order chi connectivity index (χ1) is 8.63. The SMILES string of the molecule is Cn1nnc(COC(=O)Cc2cccc(N)c2)n1. The summed E-state index contributed by atoms with van der Waals surface area (Å²) in [6.45, 7) is 0.0228. The summed E-state index contributed by atoms with van der Waals surface area (Å²) in [7, 11) is 1.64. The third-order valence-electron chi connectivity index (χ3n) is 2.21. The predicted octanol–water partition coefficient (Wildman–Crippen LogP) is 0.0782. The number of carbonyl (C=O) groups is 1. The summed E-state index contributed by atoms with van der Waals surface area (Å²) >= 11 is 0. The highest BCUT2D eigenvalue weighted by molar-refractivity contribution is 5.72. The van der Waals surface area contributed by atoms with Crippen molar-refractivity contribution < 1.29 is 9.53 Å². The smallest absolute Gasteiger partial charge is 0.310 e. The fourth-order valence-electron chi connectivity index (χ4n) is 1.45. The van der Waals surface area contributed by atoms with Crippen LogP contribution in [0.4, 0.5) is 5.69 Å². The number of nitrogen functional groups attached to an aromatic ring is 1. The zero-order valence-electron chi connectivity index (χ0n) is 9.91. The molecule has 18 heavy (non-hydrogen) atoms. The number of esters is 1. The van der Waals surface area contributed by atoms with Gasteiger partial charge in [-0.1, -0.05) is 12.1 Å². The molecule has 0 bridgehead atoms. The largest absolute Gasteiger partial charge is 0.457 e. The first kappa shape index (κ1) is 12.0. The first-order valence-electron chi connectivity index (χ1n) is 5.36. The zero-order valence-corrected chi connectivity index (χ0v) is 9.91. The number of ether oxygens (including phenoxy) is 1. The molecule has 0 radical (unpaired) electrons. The molecule has 7 nitrogen and oxygen atoms in total. The molecule has 0 spiro atoms. The molecule has 1 aromatic carbocycles. The van der Waals surface area contributed by atoms with Crippen LogP contribution in [0.1, 0.15) is 11.4 Å². The summed E-state index contributed by atoms with van der Waals surface area (Å²) in [5.41, 5.74) is 7.05. The fourth-order valence-corrected chi connectivity index (χ4v) is 1.45. The van der Waals surface area contributed by atoms with Crippen molar-refractivity contribution in [3.05, 3.63) is 35.7 Å². The fraction of sp³-hybridized carbons (Fsp3) is 0.273. The van der Waals surface area contributed by atoms with Gasteiger partial charge in [-0.2, -0.15) is 4.80 Å². The van der Waals surface area contributed by atoms with Crippen LogP contribution in [0.15, 0.2) is 24.3 Å². The van der Waals surface area contributed by atoms with Gasteiger partial charge in [-0.05, 0) is 22.9 Å². The summed E-state index contributed by atoms with van der Waals surface area (Å²) in [6.07, 6.45) is 0.172. The van der Waals surface area contributed by atoms with Crippen LogP contribution in [0.25, 0.3) is 0 Å². The van der Waals surface area contributed by atoms with Gasteiger partial charge in [-0.25, -0.2) is 0 Å². The maximum atomic E-state index is 11.6. The van der Waals surface area contributed by atoms with E-state index in [0.717, 1.165) is 5.56 Å². The van der Waals surface area contributed by atoms with Gasteiger partial charge in [0.25, 0.3) is 0 Å². The van der Waals surface area contributed by atoms with E-state index in [-0.39, 0.29) is 19.0 Å². The summed E-state index contributed by atoms with van der Waals surface area (Å²) in [4.78, 5) is 12.9. The molecule has 0 aliphatic rings. The molecule has 0 amide bonds. The van der Waals surface area contributed by atoms with Gasteiger partial charge in [0.1, 0.15) is 0 Å². The molecule has 7 heteroatoms. The highest BCUT2D eigenvalue weighted by atomic mass is 16.5. The third kappa shape index (κ3) is 3.27. The minimum atomic E-state index is -0.354. The van der Waals surface area contributed by atoms with Crippen molar-refractivity contribution in [2.24, 2.45) is 7.05 Å². The van der Waals surface area contributed by atoms with Gasteiger partial charge in [0.2, 0.25) is 5.82 Å². The van der Waals surface area contributed by atoms with Crippen LogP contribution in [0, 0.1) is 0 Å². The first-order valence-corrected chi connectivity index (χ1v) is 5.36. The summed E-state index contributed by atoms with van der Waals surface area (Å²) in [5, 5.41) is 11.3. The molecule has 0 unspecified atom stereocenters. The molecule has 0 fully saturated rings. The van der Waals surface area contributed by atoms with E-state index in [0.29, 0.717) is 11.5 Å². The molecule has 1 heterocycles. The average molecular weight is 247 g/mol. The molecule has 2 aromatic rings. The van der Waals surface area contributed by atoms with E-state index in [4.69, 9.17) is 10.5 Å². The number of benzene rings is 1. The van der Waals surface area contributed by atoms with Crippen LogP contribution in [-0.4, -0.2) is 26.2 Å². The van der Waals surface area contributed by atoms with Crippen molar-refractivity contribution in [3.63, 3.8) is 0 Å². The molecule has 0 saturated heterocycles. The molecule has 0 aliphatic heterocycles. The molecule has 0 saturated carbocycles. The van der Waals surface area contributed by atoms with Gasteiger partial charge in [-0.15, -0.1) is 10.2 Å². The second kappa shape index (κ2) is 5.26. The van der Waals surface area contributed by atoms with E-state index < -0.39 is 0 Å². The van der Waals surface area contributed by atoms with Crippen LogP contribution in [0.5, 0.6) is 0 Å². The molecule has 2 N–H and O–H groups in total. The number of nitrogens with two attached hydrogens (primary N) is 1. The second-order valence-electron chi connectivity index (χ2n) is 3.78. The molecule has 2 rings (SSSR count). The number of hydrogen-bond donors (Lipinski definition) is 1. The Morgan fingerprint density at radius 1 is 1.50 bits per heavy atom. The number of aryl methyl sites for hydroxylation is 1. The quantitative estimate of drug-likeness (QED) is 0.607. The number of anilines is 1. The number of hydrogen-bond acceptors (Lipinski definition) is 6. The Morgan fingerprint density at radius 2 is 2.33 bits per heavy atom. The Morgan fingerprint density at radius 3 is 3.00 bits per heavy atom. The number of nitrogens with zero attached hydrogens (tertiary/aromatic N) is 4. The van der Waals surface area contributed by atoms with Crippen LogP contribution >= 0.6 is 0 Å². The summed E-state index contributed by atoms with van der Waals surface area (Å²) in [5.74, 6) is 0.0199. The number of tetrazole rings is 1. The molecular formula is C11H13N5O2. The third-order valence-corrected chi connectivity index (χ3v) is 2.21. The second-order valence-corrected chi connectivity index (χ2v) is 3.78. The van der Waals surface area contributed by atoms with Crippen LogP contribution in [-0.2, 0) is 29.6 Å². The van der Waals surface area contributed by atoms with E-state index in [9.17, 15) is 4.79 Å². The van der Waals surface area contributed by atoms with Gasteiger partial charge in [0.15, 0.2) is 6.61 Å². The highest BCUT2D eigenvalue weighted by Crippen LogP contribution is 2.08. The topological polar surface area (TPSA) is 95.9 Å². The van der Waals surface area contributed by atoms with Crippen molar-refractivity contribution in [2.45, 2.75) is 13.0 Å². The molecule has 0 aliphatic carbocycles. The zero-order chi connectivity index (χ0) is 13.0. The predicted molar refractivity (Wildman–Crippen MR) is 63.2 cm³/mol. The van der Waals surface area contributed by atoms with E-state index in [1.54, 1.807) is 25.2 Å². The standard InChI is InChI=1S/C11H13N5O2/c1-16-14-10(13-15-16)7-18-11(17)6-8-3-2-4-9(12)5-8/h2-5H,6-7,12H2,1H3. The molecular weight excluding hydrogens is 234 g/mol. The Bertz CT molecular complexity index is 552. The lowest BCUT2D eigenvalue weighted by atomic mass is 10.1. The van der Waals surface area contributed by atoms with E-state index in [2.05, 4.69) is 15.4 Å². The molecule has 94 valence electrons. The van der Waals surface area contributed by atoms with Gasteiger partial charge >= 0.3 is 5.97 Å². The Labute approximate surface area is 104 Å². The Balaban J connectivity index is 1.85. The summed E-state index contributed by atoms with van der Waals surface area (Å²) < 4.78 is 5.03. The minimum absolute atomic E-state index is 0.0228. The van der Waals surface area contributed by atoms with Gasteiger partial charge in [-0.3, -0.25) is 4.79 Å². The number of rotatable bonds is 4. The lowest BCUT2D eigenvalue weighted by Crippen LogP contribution is -2.09. The average Bonchev–Trinajstić information content (AvgIpc) is 2.73. The maximum absolute atomic E-state index is 11.6. The normalized spacial score (nSPS) is 10.3. The van der Waals surface area contributed by atoms with Gasteiger partial charge < -0.3 is 10.5 Å². The maximum Gasteiger partial charge on any atom is 0.310 e.